The summed E-state index contributed by atoms with van der Waals surface area (Å²) >= 11 is 1.80. The molecule has 2 aliphatic heterocycles. The fraction of sp³-hybridized carbons (Fsp3) is 0.208. The van der Waals surface area contributed by atoms with E-state index in [1.54, 1.807) is 11.3 Å². The Kier molecular flexibility index (Phi) is 3.57. The Morgan fingerprint density at radius 2 is 1.81 bits per heavy atom. The summed E-state index contributed by atoms with van der Waals surface area (Å²) in [4.78, 5) is 19.7. The molecule has 0 aliphatic carbocycles. The molecule has 5 heterocycles. The number of ether oxygens (including phenoxy) is 1. The third-order valence-electron chi connectivity index (χ3n) is 6.52. The molecule has 5 aromatic rings. The molecule has 0 radical (unpaired) electrons. The fourth-order valence-electron chi connectivity index (χ4n) is 4.93. The van der Waals surface area contributed by atoms with Gasteiger partial charge in [0.25, 0.3) is 5.91 Å². The average Bonchev–Trinajstić information content (AvgIpc) is 3.40. The van der Waals surface area contributed by atoms with Gasteiger partial charge in [0.1, 0.15) is 5.69 Å². The first-order valence-electron chi connectivity index (χ1n) is 10.4. The summed E-state index contributed by atoms with van der Waals surface area (Å²) in [7, 11) is 0. The average molecular weight is 427 g/mol. The van der Waals surface area contributed by atoms with Gasteiger partial charge in [-0.2, -0.15) is 5.10 Å². The maximum absolute atomic E-state index is 13.2. The topological polar surface area (TPSA) is 71.1 Å². The van der Waals surface area contributed by atoms with Crippen molar-refractivity contribution in [2.24, 2.45) is 0 Å². The molecule has 31 heavy (non-hydrogen) atoms. The molecule has 2 fully saturated rings. The minimum atomic E-state index is -0.00900. The Hall–Kier alpha value is -3.29. The van der Waals surface area contributed by atoms with Gasteiger partial charge in [-0.3, -0.25) is 9.89 Å². The quantitative estimate of drug-likeness (QED) is 0.448. The zero-order chi connectivity index (χ0) is 20.5. The highest BCUT2D eigenvalue weighted by atomic mass is 32.1. The molecular formula is C24H18N4O2S. The van der Waals surface area contributed by atoms with Crippen molar-refractivity contribution in [2.45, 2.75) is 18.5 Å². The van der Waals surface area contributed by atoms with E-state index in [1.807, 2.05) is 17.2 Å². The standard InChI is InChI=1S/C24H18N4O2S/c29-24(28-15-9-16(28)12-30-11-15)22-19-8-14(10-25-23(19)27-26-22)13-5-6-21-18(7-13)17-3-1-2-4-20(17)31-21/h1-8,10,15-16H,9,11-12H2,(H,25,26,27). The van der Waals surface area contributed by atoms with Crippen molar-refractivity contribution in [2.75, 3.05) is 13.2 Å². The molecule has 152 valence electrons. The predicted octanol–water partition coefficient (Wildman–Crippen LogP) is 4.61. The summed E-state index contributed by atoms with van der Waals surface area (Å²) in [5.74, 6) is -0.00900. The molecule has 1 N–H and O–H groups in total. The summed E-state index contributed by atoms with van der Waals surface area (Å²) in [5, 5.41) is 10.5. The van der Waals surface area contributed by atoms with Crippen molar-refractivity contribution in [3.63, 3.8) is 0 Å². The van der Waals surface area contributed by atoms with Gasteiger partial charge in [0.15, 0.2) is 5.65 Å². The number of thiophene rings is 1. The molecule has 2 aromatic carbocycles. The molecule has 2 aliphatic rings. The Balaban J connectivity index is 1.33. The van der Waals surface area contributed by atoms with Gasteiger partial charge in [-0.05, 0) is 36.2 Å². The molecule has 2 bridgehead atoms. The number of fused-ring (bicyclic) bond motifs is 6. The molecule has 0 spiro atoms. The van der Waals surface area contributed by atoms with E-state index in [0.717, 1.165) is 22.9 Å². The molecule has 7 rings (SSSR count). The number of rotatable bonds is 2. The zero-order valence-corrected chi connectivity index (χ0v) is 17.4. The van der Waals surface area contributed by atoms with Gasteiger partial charge in [-0.1, -0.05) is 24.3 Å². The van der Waals surface area contributed by atoms with E-state index in [-0.39, 0.29) is 18.0 Å². The second-order valence-corrected chi connectivity index (χ2v) is 9.38. The molecule has 2 saturated heterocycles. The zero-order valence-electron chi connectivity index (χ0n) is 16.5. The number of aromatic nitrogens is 3. The Bertz CT molecular complexity index is 1490. The molecule has 2 atom stereocenters. The number of H-pyrrole nitrogens is 1. The van der Waals surface area contributed by atoms with E-state index < -0.39 is 0 Å². The summed E-state index contributed by atoms with van der Waals surface area (Å²) in [5.41, 5.74) is 3.14. The smallest absolute Gasteiger partial charge is 0.273 e. The van der Waals surface area contributed by atoms with Crippen LogP contribution in [0.5, 0.6) is 0 Å². The first kappa shape index (κ1) is 17.4. The summed E-state index contributed by atoms with van der Waals surface area (Å²) in [6, 6.07) is 17.4. The van der Waals surface area contributed by atoms with Gasteiger partial charge in [0.2, 0.25) is 0 Å². The van der Waals surface area contributed by atoms with Crippen LogP contribution in [0.25, 0.3) is 42.3 Å². The number of benzene rings is 2. The molecule has 2 unspecified atom stereocenters. The Morgan fingerprint density at radius 3 is 2.68 bits per heavy atom. The highest BCUT2D eigenvalue weighted by Gasteiger charge is 2.46. The predicted molar refractivity (Wildman–Crippen MR) is 121 cm³/mol. The molecule has 3 aromatic heterocycles. The van der Waals surface area contributed by atoms with E-state index in [4.69, 9.17) is 4.74 Å². The molecule has 7 heteroatoms. The number of hydrogen-bond donors (Lipinski definition) is 1. The van der Waals surface area contributed by atoms with E-state index in [1.165, 1.54) is 20.2 Å². The number of aromatic amines is 1. The number of carbonyl (C=O) groups is 1. The molecule has 1 amide bonds. The van der Waals surface area contributed by atoms with Gasteiger partial charge in [-0.15, -0.1) is 11.3 Å². The summed E-state index contributed by atoms with van der Waals surface area (Å²) < 4.78 is 8.08. The lowest BCUT2D eigenvalue weighted by Gasteiger charge is -2.52. The van der Waals surface area contributed by atoms with Crippen molar-refractivity contribution in [1.29, 1.82) is 0 Å². The first-order chi connectivity index (χ1) is 15.3. The van der Waals surface area contributed by atoms with E-state index in [0.29, 0.717) is 24.6 Å². The van der Waals surface area contributed by atoms with Crippen LogP contribution in [0.15, 0.2) is 54.7 Å². The first-order valence-corrected chi connectivity index (χ1v) is 11.2. The van der Waals surface area contributed by atoms with Crippen LogP contribution < -0.4 is 0 Å². The second kappa shape index (κ2) is 6.35. The van der Waals surface area contributed by atoms with Crippen molar-refractivity contribution >= 4 is 48.4 Å². The lowest BCUT2D eigenvalue weighted by Crippen LogP contribution is -2.65. The van der Waals surface area contributed by atoms with Gasteiger partial charge in [-0.25, -0.2) is 4.98 Å². The van der Waals surface area contributed by atoms with Crippen molar-refractivity contribution in [3.8, 4) is 11.1 Å². The van der Waals surface area contributed by atoms with Gasteiger partial charge < -0.3 is 9.64 Å². The summed E-state index contributed by atoms with van der Waals surface area (Å²) in [6.07, 6.45) is 2.86. The third kappa shape index (κ3) is 2.50. The highest BCUT2D eigenvalue weighted by Crippen LogP contribution is 2.37. The number of hydrogen-bond acceptors (Lipinski definition) is 5. The lowest BCUT2D eigenvalue weighted by atomic mass is 9.90. The maximum atomic E-state index is 13.2. The molecular weight excluding hydrogens is 408 g/mol. The fourth-order valence-corrected chi connectivity index (χ4v) is 6.01. The van der Waals surface area contributed by atoms with E-state index >= 15 is 0 Å². The maximum Gasteiger partial charge on any atom is 0.273 e. The number of pyridine rings is 1. The van der Waals surface area contributed by atoms with Gasteiger partial charge in [0.05, 0.1) is 30.7 Å². The Labute approximate surface area is 181 Å². The minimum Gasteiger partial charge on any atom is -0.377 e. The van der Waals surface area contributed by atoms with Crippen LogP contribution in [0, 0.1) is 0 Å². The van der Waals surface area contributed by atoms with E-state index in [2.05, 4.69) is 57.6 Å². The normalized spacial score (nSPS) is 20.5. The second-order valence-electron chi connectivity index (χ2n) is 8.30. The van der Waals surface area contributed by atoms with Crippen molar-refractivity contribution in [1.82, 2.24) is 20.1 Å². The SMILES string of the molecule is O=C(c1[nH]nc2ncc(-c3ccc4sc5ccccc5c4c3)cc12)N1C2COCC1C2. The number of carbonyl (C=O) groups excluding carboxylic acids is 1. The van der Waals surface area contributed by atoms with Crippen LogP contribution in [-0.4, -0.2) is 51.3 Å². The van der Waals surface area contributed by atoms with Crippen LogP contribution in [0.3, 0.4) is 0 Å². The van der Waals surface area contributed by atoms with Crippen LogP contribution in [0.2, 0.25) is 0 Å². The number of nitrogens with one attached hydrogen (secondary N) is 1. The molecule has 0 saturated carbocycles. The third-order valence-corrected chi connectivity index (χ3v) is 7.67. The highest BCUT2D eigenvalue weighted by molar-refractivity contribution is 7.25. The molecule has 6 nitrogen and oxygen atoms in total. The minimum absolute atomic E-state index is 0.00900. The monoisotopic (exact) mass is 426 g/mol. The van der Waals surface area contributed by atoms with Crippen LogP contribution in [0.4, 0.5) is 0 Å². The number of amides is 1. The van der Waals surface area contributed by atoms with E-state index in [9.17, 15) is 4.79 Å². The van der Waals surface area contributed by atoms with Crippen molar-refractivity contribution in [3.05, 3.63) is 60.4 Å². The van der Waals surface area contributed by atoms with Gasteiger partial charge in [0, 0.05) is 31.9 Å². The van der Waals surface area contributed by atoms with Crippen LogP contribution >= 0.6 is 11.3 Å². The number of morpholine rings is 1. The van der Waals surface area contributed by atoms with Crippen LogP contribution in [0.1, 0.15) is 16.9 Å². The van der Waals surface area contributed by atoms with Crippen LogP contribution in [-0.2, 0) is 4.74 Å². The Morgan fingerprint density at radius 1 is 1.00 bits per heavy atom. The van der Waals surface area contributed by atoms with Gasteiger partial charge >= 0.3 is 0 Å². The largest absolute Gasteiger partial charge is 0.377 e. The summed E-state index contributed by atoms with van der Waals surface area (Å²) in [6.45, 7) is 1.23. The number of nitrogens with zero attached hydrogens (tertiary/aromatic N) is 3. The lowest BCUT2D eigenvalue weighted by molar-refractivity contribution is -0.104. The van der Waals surface area contributed by atoms with Crippen molar-refractivity contribution < 1.29 is 9.53 Å².